The maximum atomic E-state index is 12.2. The van der Waals surface area contributed by atoms with Gasteiger partial charge in [0.1, 0.15) is 6.04 Å². The van der Waals surface area contributed by atoms with E-state index in [1.54, 1.807) is 13.0 Å². The molecule has 0 saturated heterocycles. The van der Waals surface area contributed by atoms with E-state index in [9.17, 15) is 19.7 Å². The van der Waals surface area contributed by atoms with Crippen LogP contribution >= 0.6 is 11.3 Å². The molecule has 1 aromatic heterocycles. The molecule has 1 atom stereocenters. The number of amides is 2. The summed E-state index contributed by atoms with van der Waals surface area (Å²) in [5.41, 5.74) is 5.54. The van der Waals surface area contributed by atoms with Gasteiger partial charge in [-0.1, -0.05) is 35.6 Å². The molecule has 10 heteroatoms. The number of thiazole rings is 1. The number of fused-ring (bicyclic) bond motifs is 1. The van der Waals surface area contributed by atoms with E-state index in [1.165, 1.54) is 35.6 Å². The van der Waals surface area contributed by atoms with Gasteiger partial charge in [0.15, 0.2) is 5.13 Å². The fourth-order valence-corrected chi connectivity index (χ4v) is 3.37. The number of hydrogen-bond donors (Lipinski definition) is 3. The number of nitro groups is 1. The zero-order valence-corrected chi connectivity index (χ0v) is 16.1. The Hall–Kier alpha value is -3.79. The fraction of sp³-hybridized carbons (Fsp3) is 0.105. The lowest BCUT2D eigenvalue weighted by Crippen LogP contribution is -2.47. The normalized spacial score (nSPS) is 11.9. The van der Waals surface area contributed by atoms with Crippen LogP contribution in [0.5, 0.6) is 0 Å². The molecule has 0 aliphatic heterocycles. The Labute approximate surface area is 169 Å². The number of aromatic nitrogens is 1. The van der Waals surface area contributed by atoms with Crippen molar-refractivity contribution in [3.8, 4) is 0 Å². The van der Waals surface area contributed by atoms with Crippen molar-refractivity contribution in [3.05, 3.63) is 70.3 Å². The van der Waals surface area contributed by atoms with E-state index in [0.29, 0.717) is 5.13 Å². The molecule has 3 N–H and O–H groups in total. The minimum absolute atomic E-state index is 0.116. The standard InChI is InChI=1S/C19H17N5O4S/c1-12(20-19-21-14-7-3-5-9-16(14)29-19)18(26)23-22-17(25)11-10-13-6-2-4-8-15(13)24(27)28/h2-12H,1H3,(H,20,21)(H,22,25)(H,23,26)/b11-10+. The fourth-order valence-electron chi connectivity index (χ4n) is 2.42. The first-order valence-electron chi connectivity index (χ1n) is 8.57. The third-order valence-electron chi connectivity index (χ3n) is 3.88. The van der Waals surface area contributed by atoms with Gasteiger partial charge in [0.25, 0.3) is 17.5 Å². The molecule has 2 aromatic carbocycles. The average molecular weight is 411 g/mol. The van der Waals surface area contributed by atoms with E-state index in [1.807, 2.05) is 24.3 Å². The Kier molecular flexibility index (Phi) is 6.15. The summed E-state index contributed by atoms with van der Waals surface area (Å²) in [5, 5.41) is 14.5. The van der Waals surface area contributed by atoms with Crippen LogP contribution < -0.4 is 16.2 Å². The van der Waals surface area contributed by atoms with Crippen LogP contribution in [0.25, 0.3) is 16.3 Å². The van der Waals surface area contributed by atoms with Gasteiger partial charge in [0.05, 0.1) is 20.7 Å². The number of nitrogens with one attached hydrogen (secondary N) is 3. The zero-order chi connectivity index (χ0) is 20.8. The van der Waals surface area contributed by atoms with Gasteiger partial charge in [0.2, 0.25) is 0 Å². The Morgan fingerprint density at radius 3 is 2.62 bits per heavy atom. The highest BCUT2D eigenvalue weighted by Gasteiger charge is 2.15. The number of rotatable bonds is 6. The van der Waals surface area contributed by atoms with E-state index in [4.69, 9.17) is 0 Å². The second-order valence-electron chi connectivity index (χ2n) is 5.98. The second kappa shape index (κ2) is 8.93. The average Bonchev–Trinajstić information content (AvgIpc) is 3.12. The van der Waals surface area contributed by atoms with Crippen LogP contribution in [0.3, 0.4) is 0 Å². The van der Waals surface area contributed by atoms with E-state index >= 15 is 0 Å². The summed E-state index contributed by atoms with van der Waals surface area (Å²) in [7, 11) is 0. The van der Waals surface area contributed by atoms with Crippen LogP contribution in [0.1, 0.15) is 12.5 Å². The summed E-state index contributed by atoms with van der Waals surface area (Å²) in [4.78, 5) is 38.9. The molecule has 0 bridgehead atoms. The summed E-state index contributed by atoms with van der Waals surface area (Å²) in [6.07, 6.45) is 2.41. The number of nitro benzene ring substituents is 1. The molecule has 0 spiro atoms. The Morgan fingerprint density at radius 1 is 1.14 bits per heavy atom. The summed E-state index contributed by atoms with van der Waals surface area (Å²) in [5.74, 6) is -1.08. The molecule has 0 aliphatic carbocycles. The molecule has 0 aliphatic rings. The smallest absolute Gasteiger partial charge is 0.276 e. The molecule has 2 amide bonds. The molecule has 148 valence electrons. The molecule has 0 fully saturated rings. The van der Waals surface area contributed by atoms with Gasteiger partial charge in [-0.2, -0.15) is 0 Å². The summed E-state index contributed by atoms with van der Waals surface area (Å²) in [6, 6.07) is 13.0. The summed E-state index contributed by atoms with van der Waals surface area (Å²) in [6.45, 7) is 1.64. The molecular weight excluding hydrogens is 394 g/mol. The minimum atomic E-state index is -0.643. The molecule has 9 nitrogen and oxygen atoms in total. The van der Waals surface area contributed by atoms with E-state index in [2.05, 4.69) is 21.2 Å². The molecular formula is C19H17N5O4S. The molecule has 29 heavy (non-hydrogen) atoms. The molecule has 1 heterocycles. The molecule has 3 rings (SSSR count). The van der Waals surface area contributed by atoms with Gasteiger partial charge in [-0.3, -0.25) is 30.6 Å². The van der Waals surface area contributed by atoms with Crippen LogP contribution in [0.4, 0.5) is 10.8 Å². The van der Waals surface area contributed by atoms with Crippen molar-refractivity contribution in [1.82, 2.24) is 15.8 Å². The Bertz CT molecular complexity index is 1060. The predicted octanol–water partition coefficient (Wildman–Crippen LogP) is 2.87. The lowest BCUT2D eigenvalue weighted by Gasteiger charge is -2.13. The van der Waals surface area contributed by atoms with Crippen molar-refractivity contribution in [3.63, 3.8) is 0 Å². The lowest BCUT2D eigenvalue weighted by molar-refractivity contribution is -0.385. The Balaban J connectivity index is 1.53. The zero-order valence-electron chi connectivity index (χ0n) is 15.3. The van der Waals surface area contributed by atoms with Gasteiger partial charge < -0.3 is 5.32 Å². The van der Waals surface area contributed by atoms with Gasteiger partial charge in [-0.15, -0.1) is 0 Å². The number of para-hydroxylation sites is 2. The van der Waals surface area contributed by atoms with Crippen molar-refractivity contribution in [2.24, 2.45) is 0 Å². The van der Waals surface area contributed by atoms with Crippen molar-refractivity contribution in [2.75, 3.05) is 5.32 Å². The van der Waals surface area contributed by atoms with Crippen LogP contribution in [-0.2, 0) is 9.59 Å². The quantitative estimate of drug-likeness (QED) is 0.325. The Morgan fingerprint density at radius 2 is 1.86 bits per heavy atom. The second-order valence-corrected chi connectivity index (χ2v) is 7.01. The highest BCUT2D eigenvalue weighted by atomic mass is 32.1. The number of carbonyl (C=O) groups excluding carboxylic acids is 2. The molecule has 1 unspecified atom stereocenters. The van der Waals surface area contributed by atoms with Gasteiger partial charge >= 0.3 is 0 Å². The van der Waals surface area contributed by atoms with Crippen molar-refractivity contribution in [2.45, 2.75) is 13.0 Å². The SMILES string of the molecule is CC(Nc1nc2ccccc2s1)C(=O)NNC(=O)/C=C/c1ccccc1[N+](=O)[O-]. The van der Waals surface area contributed by atoms with Crippen molar-refractivity contribution in [1.29, 1.82) is 0 Å². The molecule has 3 aromatic rings. The largest absolute Gasteiger partial charge is 0.350 e. The highest BCUT2D eigenvalue weighted by molar-refractivity contribution is 7.22. The topological polar surface area (TPSA) is 126 Å². The summed E-state index contributed by atoms with van der Waals surface area (Å²) >= 11 is 1.42. The van der Waals surface area contributed by atoms with Crippen LogP contribution in [-0.4, -0.2) is 27.8 Å². The third-order valence-corrected chi connectivity index (χ3v) is 4.85. The van der Waals surface area contributed by atoms with Gasteiger partial charge in [-0.05, 0) is 31.2 Å². The van der Waals surface area contributed by atoms with Gasteiger partial charge in [-0.25, -0.2) is 4.98 Å². The van der Waals surface area contributed by atoms with E-state index < -0.39 is 22.8 Å². The number of benzene rings is 2. The number of hydrazine groups is 1. The maximum Gasteiger partial charge on any atom is 0.276 e. The monoisotopic (exact) mass is 411 g/mol. The summed E-state index contributed by atoms with van der Waals surface area (Å²) < 4.78 is 0.996. The van der Waals surface area contributed by atoms with Crippen molar-refractivity contribution < 1.29 is 14.5 Å². The van der Waals surface area contributed by atoms with Crippen molar-refractivity contribution >= 4 is 50.3 Å². The maximum absolute atomic E-state index is 12.2. The van der Waals surface area contributed by atoms with Crippen LogP contribution in [0.15, 0.2) is 54.6 Å². The number of anilines is 1. The van der Waals surface area contributed by atoms with E-state index in [0.717, 1.165) is 16.3 Å². The number of hydrogen-bond acceptors (Lipinski definition) is 7. The third kappa shape index (κ3) is 5.14. The van der Waals surface area contributed by atoms with Crippen LogP contribution in [0.2, 0.25) is 0 Å². The molecule has 0 saturated carbocycles. The highest BCUT2D eigenvalue weighted by Crippen LogP contribution is 2.25. The van der Waals surface area contributed by atoms with Crippen LogP contribution in [0, 0.1) is 10.1 Å². The number of carbonyl (C=O) groups is 2. The molecule has 0 radical (unpaired) electrons. The first-order valence-corrected chi connectivity index (χ1v) is 9.39. The minimum Gasteiger partial charge on any atom is -0.350 e. The first kappa shape index (κ1) is 20.0. The number of nitrogens with zero attached hydrogens (tertiary/aromatic N) is 2. The lowest BCUT2D eigenvalue weighted by atomic mass is 10.1. The van der Waals surface area contributed by atoms with E-state index in [-0.39, 0.29) is 11.3 Å². The first-order chi connectivity index (χ1) is 13.9. The van der Waals surface area contributed by atoms with Gasteiger partial charge in [0, 0.05) is 12.1 Å². The predicted molar refractivity (Wildman–Crippen MR) is 111 cm³/mol.